The lowest BCUT2D eigenvalue weighted by Gasteiger charge is -2.08. The molecule has 2 rings (SSSR count). The van der Waals surface area contributed by atoms with Crippen LogP contribution < -0.4 is 4.72 Å². The van der Waals surface area contributed by atoms with Crippen LogP contribution in [0.2, 0.25) is 15.2 Å². The molecule has 2 aromatic rings. The van der Waals surface area contributed by atoms with E-state index in [1.54, 1.807) is 0 Å². The zero-order valence-corrected chi connectivity index (χ0v) is 12.4. The molecule has 0 unspecified atom stereocenters. The molecule has 0 aliphatic heterocycles. The third-order valence-electron chi connectivity index (χ3n) is 2.18. The summed E-state index contributed by atoms with van der Waals surface area (Å²) in [4.78, 5) is 3.72. The van der Waals surface area contributed by atoms with E-state index >= 15 is 0 Å². The molecule has 1 heterocycles. The lowest BCUT2D eigenvalue weighted by atomic mass is 10.3. The Morgan fingerprint density at radius 3 is 2.32 bits per heavy atom. The second-order valence-electron chi connectivity index (χ2n) is 3.55. The number of aromatic nitrogens is 1. The van der Waals surface area contributed by atoms with Crippen LogP contribution in [0.3, 0.4) is 0 Å². The van der Waals surface area contributed by atoms with E-state index < -0.39 is 10.0 Å². The van der Waals surface area contributed by atoms with E-state index in [1.165, 1.54) is 36.5 Å². The van der Waals surface area contributed by atoms with E-state index in [1.807, 2.05) is 0 Å². The van der Waals surface area contributed by atoms with Crippen molar-refractivity contribution >= 4 is 50.5 Å². The van der Waals surface area contributed by atoms with Crippen molar-refractivity contribution in [1.82, 2.24) is 4.98 Å². The van der Waals surface area contributed by atoms with Gasteiger partial charge in [-0.1, -0.05) is 34.8 Å². The minimum atomic E-state index is -3.73. The number of nitrogens with one attached hydrogen (secondary N) is 1. The van der Waals surface area contributed by atoms with E-state index in [2.05, 4.69) is 9.71 Å². The van der Waals surface area contributed by atoms with Gasteiger partial charge in [-0.2, -0.15) is 0 Å². The summed E-state index contributed by atoms with van der Waals surface area (Å²) in [7, 11) is -3.73. The first-order valence-electron chi connectivity index (χ1n) is 4.98. The highest BCUT2D eigenvalue weighted by molar-refractivity contribution is 7.92. The number of halogens is 3. The van der Waals surface area contributed by atoms with Gasteiger partial charge in [0.15, 0.2) is 0 Å². The maximum atomic E-state index is 12.0. The first-order valence-corrected chi connectivity index (χ1v) is 7.59. The Labute approximate surface area is 125 Å². The standard InChI is InChI=1S/C11H7Cl3N2O2S/c12-9-3-1-7(5-10(9)13)16-19(17,18)8-2-4-11(14)15-6-8/h1-6,16H. The molecule has 1 aromatic heterocycles. The maximum absolute atomic E-state index is 12.0. The average molecular weight is 338 g/mol. The SMILES string of the molecule is O=S(=O)(Nc1ccc(Cl)c(Cl)c1)c1ccc(Cl)nc1. The summed E-state index contributed by atoms with van der Waals surface area (Å²) in [5.74, 6) is 0. The molecule has 4 nitrogen and oxygen atoms in total. The highest BCUT2D eigenvalue weighted by Gasteiger charge is 2.15. The zero-order valence-electron chi connectivity index (χ0n) is 9.27. The number of pyridine rings is 1. The molecule has 0 spiro atoms. The molecule has 0 fully saturated rings. The van der Waals surface area contributed by atoms with Gasteiger partial charge in [0, 0.05) is 6.20 Å². The molecule has 19 heavy (non-hydrogen) atoms. The van der Waals surface area contributed by atoms with Gasteiger partial charge in [0.2, 0.25) is 0 Å². The minimum absolute atomic E-state index is 0.00275. The fraction of sp³-hybridized carbons (Fsp3) is 0. The van der Waals surface area contributed by atoms with Crippen molar-refractivity contribution in [3.8, 4) is 0 Å². The van der Waals surface area contributed by atoms with Crippen LogP contribution in [0.25, 0.3) is 0 Å². The Bertz CT molecular complexity index is 702. The van der Waals surface area contributed by atoms with Crippen LogP contribution in [0.5, 0.6) is 0 Å². The van der Waals surface area contributed by atoms with Crippen LogP contribution in [0.4, 0.5) is 5.69 Å². The van der Waals surface area contributed by atoms with Gasteiger partial charge < -0.3 is 0 Å². The molecule has 0 saturated carbocycles. The lowest BCUT2D eigenvalue weighted by molar-refractivity contribution is 0.601. The molecular formula is C11H7Cl3N2O2S. The quantitative estimate of drug-likeness (QED) is 0.866. The molecule has 0 aliphatic carbocycles. The zero-order chi connectivity index (χ0) is 14.0. The number of rotatable bonds is 3. The van der Waals surface area contributed by atoms with Crippen molar-refractivity contribution in [3.05, 3.63) is 51.7 Å². The van der Waals surface area contributed by atoms with Gasteiger partial charge in [-0.25, -0.2) is 13.4 Å². The first-order chi connectivity index (χ1) is 8.88. The summed E-state index contributed by atoms with van der Waals surface area (Å²) in [5, 5.41) is 0.822. The van der Waals surface area contributed by atoms with E-state index in [0.717, 1.165) is 0 Å². The minimum Gasteiger partial charge on any atom is -0.280 e. The highest BCUT2D eigenvalue weighted by atomic mass is 35.5. The van der Waals surface area contributed by atoms with Gasteiger partial charge in [-0.15, -0.1) is 0 Å². The molecule has 0 atom stereocenters. The van der Waals surface area contributed by atoms with Gasteiger partial charge in [0.1, 0.15) is 10.0 Å². The third-order valence-corrected chi connectivity index (χ3v) is 4.51. The van der Waals surface area contributed by atoms with Crippen LogP contribution in [0, 0.1) is 0 Å². The molecule has 8 heteroatoms. The van der Waals surface area contributed by atoms with Crippen LogP contribution in [-0.2, 0) is 10.0 Å². The number of nitrogens with zero attached hydrogens (tertiary/aromatic N) is 1. The number of benzene rings is 1. The Morgan fingerprint density at radius 2 is 1.74 bits per heavy atom. The summed E-state index contributed by atoms with van der Waals surface area (Å²) in [6, 6.07) is 7.18. The predicted octanol–water partition coefficient (Wildman–Crippen LogP) is 3.84. The Hall–Kier alpha value is -1.01. The monoisotopic (exact) mass is 336 g/mol. The molecule has 0 aliphatic rings. The Morgan fingerprint density at radius 1 is 1.00 bits per heavy atom. The summed E-state index contributed by atoms with van der Waals surface area (Å²) in [6.07, 6.45) is 1.17. The van der Waals surface area contributed by atoms with Crippen LogP contribution in [-0.4, -0.2) is 13.4 Å². The molecule has 0 radical (unpaired) electrons. The number of sulfonamides is 1. The molecule has 1 N–H and O–H groups in total. The van der Waals surface area contributed by atoms with E-state index in [-0.39, 0.29) is 15.1 Å². The normalized spacial score (nSPS) is 11.3. The smallest absolute Gasteiger partial charge is 0.263 e. The molecule has 0 saturated heterocycles. The van der Waals surface area contributed by atoms with Gasteiger partial charge in [0.25, 0.3) is 10.0 Å². The van der Waals surface area contributed by atoms with Gasteiger partial charge in [-0.05, 0) is 30.3 Å². The highest BCUT2D eigenvalue weighted by Crippen LogP contribution is 2.26. The summed E-state index contributed by atoms with van der Waals surface area (Å²) in [5.41, 5.74) is 0.310. The fourth-order valence-electron chi connectivity index (χ4n) is 1.29. The Balaban J connectivity index is 2.30. The molecule has 1 aromatic carbocycles. The summed E-state index contributed by atoms with van der Waals surface area (Å²) < 4.78 is 26.4. The predicted molar refractivity (Wildman–Crippen MR) is 76.5 cm³/mol. The van der Waals surface area contributed by atoms with Crippen molar-refractivity contribution < 1.29 is 8.42 Å². The third kappa shape index (κ3) is 3.51. The average Bonchev–Trinajstić information content (AvgIpc) is 2.34. The van der Waals surface area contributed by atoms with Crippen molar-refractivity contribution in [1.29, 1.82) is 0 Å². The van der Waals surface area contributed by atoms with E-state index in [9.17, 15) is 8.42 Å². The topological polar surface area (TPSA) is 59.1 Å². The van der Waals surface area contributed by atoms with Gasteiger partial charge >= 0.3 is 0 Å². The molecule has 100 valence electrons. The molecule has 0 bridgehead atoms. The number of hydrogen-bond donors (Lipinski definition) is 1. The van der Waals surface area contributed by atoms with E-state index in [0.29, 0.717) is 10.7 Å². The van der Waals surface area contributed by atoms with Crippen LogP contribution in [0.1, 0.15) is 0 Å². The van der Waals surface area contributed by atoms with Crippen molar-refractivity contribution in [2.45, 2.75) is 4.90 Å². The van der Waals surface area contributed by atoms with Gasteiger partial charge in [-0.3, -0.25) is 4.72 Å². The first kappa shape index (κ1) is 14.4. The van der Waals surface area contributed by atoms with Gasteiger partial charge in [0.05, 0.1) is 15.7 Å². The van der Waals surface area contributed by atoms with Crippen LogP contribution in [0.15, 0.2) is 41.4 Å². The van der Waals surface area contributed by atoms with Crippen molar-refractivity contribution in [2.75, 3.05) is 4.72 Å². The lowest BCUT2D eigenvalue weighted by Crippen LogP contribution is -2.13. The maximum Gasteiger partial charge on any atom is 0.263 e. The number of hydrogen-bond acceptors (Lipinski definition) is 3. The van der Waals surface area contributed by atoms with E-state index in [4.69, 9.17) is 34.8 Å². The summed E-state index contributed by atoms with van der Waals surface area (Å²) >= 11 is 17.2. The van der Waals surface area contributed by atoms with Crippen molar-refractivity contribution in [3.63, 3.8) is 0 Å². The largest absolute Gasteiger partial charge is 0.280 e. The van der Waals surface area contributed by atoms with Crippen LogP contribution >= 0.6 is 34.8 Å². The fourth-order valence-corrected chi connectivity index (χ4v) is 2.70. The number of anilines is 1. The molecular weight excluding hydrogens is 331 g/mol. The second-order valence-corrected chi connectivity index (χ2v) is 6.44. The Kier molecular flexibility index (Phi) is 4.20. The van der Waals surface area contributed by atoms with Crippen molar-refractivity contribution in [2.24, 2.45) is 0 Å². The molecule has 0 amide bonds. The second kappa shape index (κ2) is 5.54. The summed E-state index contributed by atoms with van der Waals surface area (Å²) in [6.45, 7) is 0.